The van der Waals surface area contributed by atoms with E-state index < -0.39 is 0 Å². The summed E-state index contributed by atoms with van der Waals surface area (Å²) in [5, 5.41) is 9.20. The van der Waals surface area contributed by atoms with Gasteiger partial charge < -0.3 is 5.11 Å². The number of rotatable bonds is 6. The Morgan fingerprint density at radius 3 is 2.44 bits per heavy atom. The van der Waals surface area contributed by atoms with Crippen molar-refractivity contribution in [2.24, 2.45) is 5.92 Å². The van der Waals surface area contributed by atoms with Crippen LogP contribution in [0, 0.1) is 5.92 Å². The van der Waals surface area contributed by atoms with Crippen LogP contribution in [0.2, 0.25) is 0 Å². The van der Waals surface area contributed by atoms with Crippen LogP contribution in [0.4, 0.5) is 0 Å². The maximum atomic E-state index is 10.6. The van der Waals surface area contributed by atoms with E-state index in [-0.39, 0.29) is 11.5 Å². The summed E-state index contributed by atoms with van der Waals surface area (Å²) in [6.07, 6.45) is 13.3. The van der Waals surface area contributed by atoms with Crippen LogP contribution in [0.15, 0.2) is 48.3 Å². The van der Waals surface area contributed by atoms with Gasteiger partial charge in [0.25, 0.3) is 0 Å². The number of carbonyl (C=O) groups excluding carboxylic acids is 1. The van der Waals surface area contributed by atoms with E-state index in [1.807, 2.05) is 18.2 Å². The zero-order chi connectivity index (χ0) is 12.4. The summed E-state index contributed by atoms with van der Waals surface area (Å²) >= 11 is 0. The van der Waals surface area contributed by atoms with Crippen LogP contribution in [0.25, 0.3) is 0 Å². The van der Waals surface area contributed by atoms with Crippen LogP contribution < -0.4 is 0 Å². The van der Waals surface area contributed by atoms with Crippen molar-refractivity contribution in [3.63, 3.8) is 0 Å². The van der Waals surface area contributed by atoms with Crippen molar-refractivity contribution in [3.8, 4) is 0 Å². The van der Waals surface area contributed by atoms with Crippen LogP contribution in [-0.2, 0) is 4.79 Å². The van der Waals surface area contributed by atoms with Gasteiger partial charge in [-0.25, -0.2) is 0 Å². The fourth-order valence-corrected chi connectivity index (χ4v) is 0.929. The van der Waals surface area contributed by atoms with Gasteiger partial charge in [0.05, 0.1) is 0 Å². The molecule has 1 atom stereocenters. The van der Waals surface area contributed by atoms with Crippen LogP contribution in [0.1, 0.15) is 27.2 Å². The zero-order valence-electron chi connectivity index (χ0n) is 10.2. The number of aliphatic hydroxyl groups is 1. The topological polar surface area (TPSA) is 37.3 Å². The van der Waals surface area contributed by atoms with Crippen LogP contribution in [0.5, 0.6) is 0 Å². The number of carbonyl (C=O) groups is 1. The number of aliphatic hydroxyl groups excluding tert-OH is 1. The molecule has 0 fully saturated rings. The normalized spacial score (nSPS) is 15.3. The molecule has 0 aliphatic carbocycles. The molecule has 2 heteroatoms. The average molecular weight is 220 g/mol. The molecule has 0 heterocycles. The quantitative estimate of drug-likeness (QED) is 0.420. The molecule has 2 nitrogen and oxygen atoms in total. The molecule has 0 aromatic heterocycles. The molecule has 0 aliphatic heterocycles. The van der Waals surface area contributed by atoms with E-state index in [2.05, 4.69) is 19.9 Å². The minimum Gasteiger partial charge on any atom is -0.508 e. The van der Waals surface area contributed by atoms with Gasteiger partial charge in [0.15, 0.2) is 5.78 Å². The van der Waals surface area contributed by atoms with Gasteiger partial charge in [-0.05, 0) is 18.9 Å². The van der Waals surface area contributed by atoms with E-state index in [1.165, 1.54) is 19.1 Å². The van der Waals surface area contributed by atoms with Crippen molar-refractivity contribution in [1.82, 2.24) is 0 Å². The fraction of sp³-hybridized carbons (Fsp3) is 0.357. The summed E-state index contributed by atoms with van der Waals surface area (Å²) < 4.78 is 0. The highest BCUT2D eigenvalue weighted by atomic mass is 16.3. The van der Waals surface area contributed by atoms with E-state index in [4.69, 9.17) is 0 Å². The number of hydrogen-bond acceptors (Lipinski definition) is 2. The van der Waals surface area contributed by atoms with E-state index in [1.54, 1.807) is 6.08 Å². The lowest BCUT2D eigenvalue weighted by Gasteiger charge is -1.96. The summed E-state index contributed by atoms with van der Waals surface area (Å²) in [5.74, 6) is 0.394. The van der Waals surface area contributed by atoms with Gasteiger partial charge in [-0.3, -0.25) is 4.79 Å². The summed E-state index contributed by atoms with van der Waals surface area (Å²) in [6.45, 7) is 5.69. The summed E-state index contributed by atoms with van der Waals surface area (Å²) in [7, 11) is 0. The van der Waals surface area contributed by atoms with E-state index >= 15 is 0 Å². The highest BCUT2D eigenvalue weighted by Gasteiger charge is 1.88. The van der Waals surface area contributed by atoms with Crippen LogP contribution in [0.3, 0.4) is 0 Å². The first-order chi connectivity index (χ1) is 7.56. The smallest absolute Gasteiger partial charge is 0.156 e. The van der Waals surface area contributed by atoms with Gasteiger partial charge in [-0.1, -0.05) is 50.6 Å². The van der Waals surface area contributed by atoms with Crippen molar-refractivity contribution < 1.29 is 9.90 Å². The van der Waals surface area contributed by atoms with Gasteiger partial charge in [-0.2, -0.15) is 0 Å². The van der Waals surface area contributed by atoms with Gasteiger partial charge in [-0.15, -0.1) is 0 Å². The second-order valence-corrected chi connectivity index (χ2v) is 3.69. The third-order valence-corrected chi connectivity index (χ3v) is 2.04. The second-order valence-electron chi connectivity index (χ2n) is 3.69. The van der Waals surface area contributed by atoms with Crippen molar-refractivity contribution in [3.05, 3.63) is 48.3 Å². The zero-order valence-corrected chi connectivity index (χ0v) is 10.2. The summed E-state index contributed by atoms with van der Waals surface area (Å²) in [4.78, 5) is 10.6. The standard InChI is InChI=1S/C14H20O2/c1-4-12(2)9-7-5-6-8-10-14(16)11-13(3)15/h5-12,16H,4H2,1-3H3/b6-5+,9-7+,10-8+,14-11-/t12-/m0/s1. The predicted octanol–water partition coefficient (Wildman–Crippen LogP) is 3.73. The summed E-state index contributed by atoms with van der Waals surface area (Å²) in [5.41, 5.74) is 0. The number of hydrogen-bond donors (Lipinski definition) is 1. The van der Waals surface area contributed by atoms with Crippen LogP contribution in [-0.4, -0.2) is 10.9 Å². The third kappa shape index (κ3) is 9.00. The van der Waals surface area contributed by atoms with Crippen molar-refractivity contribution in [2.45, 2.75) is 27.2 Å². The Bertz CT molecular complexity index is 320. The lowest BCUT2D eigenvalue weighted by atomic mass is 10.1. The Hall–Kier alpha value is -1.57. The molecule has 0 amide bonds. The molecule has 1 N–H and O–H groups in total. The van der Waals surface area contributed by atoms with Crippen molar-refractivity contribution in [1.29, 1.82) is 0 Å². The highest BCUT2D eigenvalue weighted by Crippen LogP contribution is 2.01. The van der Waals surface area contributed by atoms with Gasteiger partial charge in [0.1, 0.15) is 5.76 Å². The fourth-order valence-electron chi connectivity index (χ4n) is 0.929. The third-order valence-electron chi connectivity index (χ3n) is 2.04. The minimum atomic E-state index is -0.164. The molecular weight excluding hydrogens is 200 g/mol. The molecule has 0 aromatic carbocycles. The van der Waals surface area contributed by atoms with E-state index in [0.29, 0.717) is 5.92 Å². The Balaban J connectivity index is 4.05. The highest BCUT2D eigenvalue weighted by molar-refractivity contribution is 5.87. The average Bonchev–Trinajstić information content (AvgIpc) is 2.21. The minimum absolute atomic E-state index is 0.0249. The maximum absolute atomic E-state index is 10.6. The first-order valence-corrected chi connectivity index (χ1v) is 5.49. The molecule has 0 saturated carbocycles. The molecule has 0 spiro atoms. The van der Waals surface area contributed by atoms with Crippen LogP contribution >= 0.6 is 0 Å². The Kier molecular flexibility index (Phi) is 7.86. The number of ketones is 1. The molecular formula is C14H20O2. The molecule has 0 aliphatic rings. The molecule has 0 saturated heterocycles. The molecule has 88 valence electrons. The first-order valence-electron chi connectivity index (χ1n) is 5.49. The van der Waals surface area contributed by atoms with Gasteiger partial charge >= 0.3 is 0 Å². The van der Waals surface area contributed by atoms with Crippen molar-refractivity contribution in [2.75, 3.05) is 0 Å². The Morgan fingerprint density at radius 1 is 1.25 bits per heavy atom. The Morgan fingerprint density at radius 2 is 1.88 bits per heavy atom. The predicted molar refractivity (Wildman–Crippen MR) is 68.3 cm³/mol. The molecule has 0 radical (unpaired) electrons. The Labute approximate surface area is 97.7 Å². The lowest BCUT2D eigenvalue weighted by Crippen LogP contribution is -1.84. The molecule has 16 heavy (non-hydrogen) atoms. The SMILES string of the molecule is CC[C@H](C)/C=C/C=C/C=C/C(O)=C/C(C)=O. The van der Waals surface area contributed by atoms with E-state index in [9.17, 15) is 9.90 Å². The van der Waals surface area contributed by atoms with Gasteiger partial charge in [0, 0.05) is 6.08 Å². The van der Waals surface area contributed by atoms with E-state index in [0.717, 1.165) is 6.42 Å². The van der Waals surface area contributed by atoms with Gasteiger partial charge in [0.2, 0.25) is 0 Å². The monoisotopic (exact) mass is 220 g/mol. The maximum Gasteiger partial charge on any atom is 0.156 e. The molecule has 0 aromatic rings. The summed E-state index contributed by atoms with van der Waals surface area (Å²) in [6, 6.07) is 0. The second kappa shape index (κ2) is 8.72. The number of allylic oxidation sites excluding steroid dienone is 7. The van der Waals surface area contributed by atoms with Crippen molar-refractivity contribution >= 4 is 5.78 Å². The lowest BCUT2D eigenvalue weighted by molar-refractivity contribution is -0.112. The first kappa shape index (κ1) is 14.4. The molecule has 0 rings (SSSR count). The molecule has 0 unspecified atom stereocenters. The largest absolute Gasteiger partial charge is 0.508 e. The molecule has 0 bridgehead atoms.